The summed E-state index contributed by atoms with van der Waals surface area (Å²) in [5.41, 5.74) is 1.93. The summed E-state index contributed by atoms with van der Waals surface area (Å²) in [5.74, 6) is -0.750. The SMILES string of the molecule is CCCCC1CN(C(=O)C2CCC(C(=O)O)CC2)Cc2c1nc(-c1ccc(Cl)cc1)[nH]c2=O. The van der Waals surface area contributed by atoms with Crippen LogP contribution in [-0.2, 0) is 16.1 Å². The van der Waals surface area contributed by atoms with Gasteiger partial charge in [0.05, 0.1) is 23.7 Å². The standard InChI is InChI=1S/C25H30ClN3O4/c1-2-3-4-18-13-29(24(31)16-5-7-17(8-6-16)25(32)33)14-20-21(18)27-22(28-23(20)30)15-9-11-19(26)12-10-15/h9-12,16-18H,2-8,13-14H2,1H3,(H,32,33)(H,27,28,30). The van der Waals surface area contributed by atoms with E-state index in [1.165, 1.54) is 0 Å². The van der Waals surface area contributed by atoms with Crippen LogP contribution in [0.15, 0.2) is 29.1 Å². The number of carboxylic acids is 1. The number of halogens is 1. The maximum absolute atomic E-state index is 13.3. The van der Waals surface area contributed by atoms with Crippen LogP contribution >= 0.6 is 11.6 Å². The molecular weight excluding hydrogens is 442 g/mol. The molecule has 1 aromatic carbocycles. The summed E-state index contributed by atoms with van der Waals surface area (Å²) in [5, 5.41) is 9.86. The number of hydrogen-bond donors (Lipinski definition) is 2. The van der Waals surface area contributed by atoms with Crippen LogP contribution in [-0.4, -0.2) is 38.4 Å². The van der Waals surface area contributed by atoms with Gasteiger partial charge in [-0.15, -0.1) is 0 Å². The molecule has 1 saturated carbocycles. The second-order valence-electron chi connectivity index (χ2n) is 9.23. The molecule has 0 spiro atoms. The molecule has 1 aromatic heterocycles. The lowest BCUT2D eigenvalue weighted by Gasteiger charge is -2.37. The highest BCUT2D eigenvalue weighted by Crippen LogP contribution is 2.35. The molecule has 0 radical (unpaired) electrons. The van der Waals surface area contributed by atoms with Crippen molar-refractivity contribution < 1.29 is 14.7 Å². The minimum Gasteiger partial charge on any atom is -0.481 e. The number of unbranched alkanes of at least 4 members (excludes halogenated alkanes) is 1. The minimum absolute atomic E-state index is 0.00126. The molecule has 7 nitrogen and oxygen atoms in total. The first kappa shape index (κ1) is 23.5. The van der Waals surface area contributed by atoms with Crippen LogP contribution < -0.4 is 5.56 Å². The number of carboxylic acid groups (broad SMARTS) is 1. The van der Waals surface area contributed by atoms with E-state index in [4.69, 9.17) is 16.6 Å². The monoisotopic (exact) mass is 471 g/mol. The first-order valence-electron chi connectivity index (χ1n) is 11.8. The molecule has 33 heavy (non-hydrogen) atoms. The van der Waals surface area contributed by atoms with Crippen molar-refractivity contribution in [2.24, 2.45) is 11.8 Å². The second kappa shape index (κ2) is 10.1. The number of carbonyl (C=O) groups is 2. The third kappa shape index (κ3) is 5.13. The van der Waals surface area contributed by atoms with E-state index >= 15 is 0 Å². The quantitative estimate of drug-likeness (QED) is 0.640. The molecule has 2 aliphatic rings. The zero-order valence-corrected chi connectivity index (χ0v) is 19.6. The molecule has 1 fully saturated rings. The fraction of sp³-hybridized carbons (Fsp3) is 0.520. The Bertz CT molecular complexity index is 1070. The number of aromatic nitrogens is 2. The fourth-order valence-corrected chi connectivity index (χ4v) is 5.18. The summed E-state index contributed by atoms with van der Waals surface area (Å²) >= 11 is 6.00. The molecule has 1 atom stereocenters. The zero-order chi connectivity index (χ0) is 23.5. The number of fused-ring (bicyclic) bond motifs is 1. The summed E-state index contributed by atoms with van der Waals surface area (Å²) in [6.07, 6.45) is 5.10. The summed E-state index contributed by atoms with van der Waals surface area (Å²) < 4.78 is 0. The first-order valence-corrected chi connectivity index (χ1v) is 12.2. The van der Waals surface area contributed by atoms with Gasteiger partial charge in [0, 0.05) is 29.0 Å². The third-order valence-electron chi connectivity index (χ3n) is 6.99. The van der Waals surface area contributed by atoms with Crippen molar-refractivity contribution in [3.63, 3.8) is 0 Å². The number of rotatable bonds is 6. The Morgan fingerprint density at radius 3 is 2.45 bits per heavy atom. The average Bonchev–Trinajstić information content (AvgIpc) is 2.82. The molecule has 0 saturated heterocycles. The molecular formula is C25H30ClN3O4. The number of nitrogens with one attached hydrogen (secondary N) is 1. The lowest BCUT2D eigenvalue weighted by molar-refractivity contribution is -0.146. The predicted molar refractivity (Wildman–Crippen MR) is 126 cm³/mol. The van der Waals surface area contributed by atoms with Crippen molar-refractivity contribution in [1.82, 2.24) is 14.9 Å². The largest absolute Gasteiger partial charge is 0.481 e. The van der Waals surface area contributed by atoms with E-state index in [-0.39, 0.29) is 35.8 Å². The highest BCUT2D eigenvalue weighted by molar-refractivity contribution is 6.30. The molecule has 1 aliphatic heterocycles. The van der Waals surface area contributed by atoms with Crippen LogP contribution in [0.5, 0.6) is 0 Å². The Kier molecular flexibility index (Phi) is 7.17. The van der Waals surface area contributed by atoms with Gasteiger partial charge in [0.2, 0.25) is 5.91 Å². The van der Waals surface area contributed by atoms with Gasteiger partial charge >= 0.3 is 5.97 Å². The molecule has 2 N–H and O–H groups in total. The van der Waals surface area contributed by atoms with Gasteiger partial charge in [0.15, 0.2) is 0 Å². The topological polar surface area (TPSA) is 103 Å². The Balaban J connectivity index is 1.60. The van der Waals surface area contributed by atoms with E-state index < -0.39 is 5.97 Å². The highest BCUT2D eigenvalue weighted by Gasteiger charge is 2.36. The van der Waals surface area contributed by atoms with Gasteiger partial charge in [0.1, 0.15) is 5.82 Å². The van der Waals surface area contributed by atoms with Crippen molar-refractivity contribution in [1.29, 1.82) is 0 Å². The molecule has 0 bridgehead atoms. The maximum Gasteiger partial charge on any atom is 0.306 e. The third-order valence-corrected chi connectivity index (χ3v) is 7.24. The molecule has 4 rings (SSSR count). The van der Waals surface area contributed by atoms with E-state index in [0.29, 0.717) is 48.6 Å². The molecule has 1 aliphatic carbocycles. The van der Waals surface area contributed by atoms with Gasteiger partial charge in [-0.05, 0) is 56.4 Å². The van der Waals surface area contributed by atoms with Crippen molar-refractivity contribution in [2.45, 2.75) is 64.3 Å². The Hall–Kier alpha value is -2.67. The average molecular weight is 472 g/mol. The van der Waals surface area contributed by atoms with Crippen molar-refractivity contribution in [3.8, 4) is 11.4 Å². The van der Waals surface area contributed by atoms with Crippen LogP contribution in [0.25, 0.3) is 11.4 Å². The number of benzene rings is 1. The highest BCUT2D eigenvalue weighted by atomic mass is 35.5. The van der Waals surface area contributed by atoms with Gasteiger partial charge in [-0.25, -0.2) is 4.98 Å². The molecule has 8 heteroatoms. The Morgan fingerprint density at radius 2 is 1.82 bits per heavy atom. The second-order valence-corrected chi connectivity index (χ2v) is 9.67. The van der Waals surface area contributed by atoms with Crippen LogP contribution in [0.4, 0.5) is 0 Å². The van der Waals surface area contributed by atoms with Gasteiger partial charge in [-0.3, -0.25) is 14.4 Å². The van der Waals surface area contributed by atoms with Crippen molar-refractivity contribution in [2.75, 3.05) is 6.54 Å². The number of nitrogens with zero attached hydrogens (tertiary/aromatic N) is 2. The molecule has 1 amide bonds. The van der Waals surface area contributed by atoms with Gasteiger partial charge < -0.3 is 15.0 Å². The number of H-pyrrole nitrogens is 1. The van der Waals surface area contributed by atoms with E-state index in [2.05, 4.69) is 11.9 Å². The number of amides is 1. The first-order chi connectivity index (χ1) is 15.9. The molecule has 1 unspecified atom stereocenters. The summed E-state index contributed by atoms with van der Waals surface area (Å²) in [4.78, 5) is 47.2. The lowest BCUT2D eigenvalue weighted by Crippen LogP contribution is -2.45. The van der Waals surface area contributed by atoms with Gasteiger partial charge in [-0.2, -0.15) is 0 Å². The van der Waals surface area contributed by atoms with E-state index in [0.717, 1.165) is 30.5 Å². The van der Waals surface area contributed by atoms with Crippen LogP contribution in [0.1, 0.15) is 69.0 Å². The number of carbonyl (C=O) groups excluding carboxylic acids is 1. The summed E-state index contributed by atoms with van der Waals surface area (Å²) in [6, 6.07) is 7.20. The number of hydrogen-bond acceptors (Lipinski definition) is 4. The minimum atomic E-state index is -0.776. The summed E-state index contributed by atoms with van der Waals surface area (Å²) in [7, 11) is 0. The Labute approximate surface area is 198 Å². The van der Waals surface area contributed by atoms with Gasteiger partial charge in [0.25, 0.3) is 5.56 Å². The van der Waals surface area contributed by atoms with Gasteiger partial charge in [-0.1, -0.05) is 31.4 Å². The van der Waals surface area contributed by atoms with Crippen molar-refractivity contribution in [3.05, 3.63) is 50.9 Å². The van der Waals surface area contributed by atoms with Crippen molar-refractivity contribution >= 4 is 23.5 Å². The van der Waals surface area contributed by atoms with E-state index in [1.807, 2.05) is 12.1 Å². The smallest absolute Gasteiger partial charge is 0.306 e. The zero-order valence-electron chi connectivity index (χ0n) is 18.8. The molecule has 2 heterocycles. The molecule has 2 aromatic rings. The fourth-order valence-electron chi connectivity index (χ4n) is 5.05. The van der Waals surface area contributed by atoms with E-state index in [1.54, 1.807) is 17.0 Å². The number of aromatic amines is 1. The number of aliphatic carboxylic acids is 1. The Morgan fingerprint density at radius 1 is 1.15 bits per heavy atom. The van der Waals surface area contributed by atoms with Crippen LogP contribution in [0.2, 0.25) is 5.02 Å². The predicted octanol–water partition coefficient (Wildman–Crippen LogP) is 4.60. The van der Waals surface area contributed by atoms with Crippen LogP contribution in [0.3, 0.4) is 0 Å². The molecule has 176 valence electrons. The maximum atomic E-state index is 13.3. The van der Waals surface area contributed by atoms with Crippen LogP contribution in [0, 0.1) is 11.8 Å². The summed E-state index contributed by atoms with van der Waals surface area (Å²) in [6.45, 7) is 2.91. The van der Waals surface area contributed by atoms with E-state index in [9.17, 15) is 19.5 Å². The normalized spacial score (nSPS) is 22.6. The lowest BCUT2D eigenvalue weighted by atomic mass is 9.80.